The maximum atomic E-state index is 12.1. The van der Waals surface area contributed by atoms with Crippen LogP contribution in [0.1, 0.15) is 23.2 Å². The molecule has 1 fully saturated rings. The molecule has 0 spiro atoms. The third-order valence-electron chi connectivity index (χ3n) is 3.08. The highest BCUT2D eigenvalue weighted by atomic mass is 16.5. The molecule has 1 aromatic carbocycles. The van der Waals surface area contributed by atoms with Gasteiger partial charge in [-0.15, -0.1) is 0 Å². The van der Waals surface area contributed by atoms with Crippen molar-refractivity contribution < 1.29 is 9.53 Å². The highest BCUT2D eigenvalue weighted by Crippen LogP contribution is 2.20. The van der Waals surface area contributed by atoms with Gasteiger partial charge in [-0.05, 0) is 25.0 Å². The molecule has 0 saturated carbocycles. The van der Waals surface area contributed by atoms with Crippen LogP contribution in [0.15, 0.2) is 24.3 Å². The fourth-order valence-corrected chi connectivity index (χ4v) is 2.11. The Labute approximate surface area is 108 Å². The smallest absolute Gasteiger partial charge is 0.255 e. The Morgan fingerprint density at radius 2 is 2.17 bits per heavy atom. The molecule has 1 atom stereocenters. The second-order valence-electron chi connectivity index (χ2n) is 4.80. The van der Waals surface area contributed by atoms with Gasteiger partial charge in [-0.1, -0.05) is 12.1 Å². The molecule has 2 rings (SSSR count). The van der Waals surface area contributed by atoms with Gasteiger partial charge in [-0.25, -0.2) is 0 Å². The van der Waals surface area contributed by atoms with Crippen molar-refractivity contribution in [3.8, 4) is 0 Å². The Morgan fingerprint density at radius 1 is 1.39 bits per heavy atom. The lowest BCUT2D eigenvalue weighted by atomic mass is 10.1. The van der Waals surface area contributed by atoms with Gasteiger partial charge in [-0.3, -0.25) is 4.79 Å². The van der Waals surface area contributed by atoms with Crippen molar-refractivity contribution in [2.24, 2.45) is 0 Å². The molecule has 0 radical (unpaired) electrons. The van der Waals surface area contributed by atoms with E-state index in [0.717, 1.165) is 25.1 Å². The lowest BCUT2D eigenvalue weighted by Gasteiger charge is -2.25. The van der Waals surface area contributed by atoms with E-state index in [1.165, 1.54) is 0 Å². The SMILES string of the molecule is CN(C)C(=O)c1ccccc1NC1CCCOC1. The molecule has 1 N–H and O–H groups in total. The number of nitrogens with one attached hydrogen (secondary N) is 1. The first-order chi connectivity index (χ1) is 8.68. The quantitative estimate of drug-likeness (QED) is 0.889. The summed E-state index contributed by atoms with van der Waals surface area (Å²) in [5, 5.41) is 3.41. The number of ether oxygens (including phenoxy) is 1. The summed E-state index contributed by atoms with van der Waals surface area (Å²) in [6, 6.07) is 7.94. The maximum Gasteiger partial charge on any atom is 0.255 e. The van der Waals surface area contributed by atoms with Crippen molar-refractivity contribution in [1.82, 2.24) is 4.90 Å². The Hall–Kier alpha value is -1.55. The highest BCUT2D eigenvalue weighted by molar-refractivity contribution is 5.99. The van der Waals surface area contributed by atoms with E-state index in [0.29, 0.717) is 18.2 Å². The number of anilines is 1. The van der Waals surface area contributed by atoms with Crippen LogP contribution in [0.5, 0.6) is 0 Å². The van der Waals surface area contributed by atoms with Gasteiger partial charge in [0.15, 0.2) is 0 Å². The molecule has 1 aliphatic heterocycles. The van der Waals surface area contributed by atoms with Gasteiger partial charge in [0.25, 0.3) is 5.91 Å². The number of benzene rings is 1. The molecular formula is C14H20N2O2. The number of carbonyl (C=O) groups excluding carboxylic acids is 1. The van der Waals surface area contributed by atoms with E-state index in [1.807, 2.05) is 24.3 Å². The van der Waals surface area contributed by atoms with Crippen molar-refractivity contribution in [2.45, 2.75) is 18.9 Å². The van der Waals surface area contributed by atoms with E-state index in [4.69, 9.17) is 4.74 Å². The summed E-state index contributed by atoms with van der Waals surface area (Å²) < 4.78 is 5.44. The molecule has 1 aromatic rings. The van der Waals surface area contributed by atoms with Crippen LogP contribution >= 0.6 is 0 Å². The van der Waals surface area contributed by atoms with Crippen molar-refractivity contribution >= 4 is 11.6 Å². The van der Waals surface area contributed by atoms with Gasteiger partial charge in [0.05, 0.1) is 12.2 Å². The number of para-hydroxylation sites is 1. The Bertz CT molecular complexity index is 412. The first-order valence-corrected chi connectivity index (χ1v) is 6.33. The minimum Gasteiger partial charge on any atom is -0.379 e. The first kappa shape index (κ1) is 12.9. The van der Waals surface area contributed by atoms with Gasteiger partial charge >= 0.3 is 0 Å². The lowest BCUT2D eigenvalue weighted by Crippen LogP contribution is -2.31. The summed E-state index contributed by atoms with van der Waals surface area (Å²) in [7, 11) is 3.53. The number of hydrogen-bond acceptors (Lipinski definition) is 3. The molecule has 1 aliphatic rings. The fourth-order valence-electron chi connectivity index (χ4n) is 2.11. The van der Waals surface area contributed by atoms with Gasteiger partial charge < -0.3 is 15.0 Å². The molecule has 1 amide bonds. The van der Waals surface area contributed by atoms with Crippen LogP contribution < -0.4 is 5.32 Å². The third-order valence-corrected chi connectivity index (χ3v) is 3.08. The van der Waals surface area contributed by atoms with E-state index < -0.39 is 0 Å². The molecule has 0 aromatic heterocycles. The average molecular weight is 248 g/mol. The summed E-state index contributed by atoms with van der Waals surface area (Å²) in [4.78, 5) is 13.7. The number of amides is 1. The van der Waals surface area contributed by atoms with Crippen LogP contribution in [-0.2, 0) is 4.74 Å². The Morgan fingerprint density at radius 3 is 2.83 bits per heavy atom. The predicted molar refractivity (Wildman–Crippen MR) is 71.9 cm³/mol. The molecule has 0 aliphatic carbocycles. The molecule has 1 heterocycles. The standard InChI is InChI=1S/C14H20N2O2/c1-16(2)14(17)12-7-3-4-8-13(12)15-11-6-5-9-18-10-11/h3-4,7-8,11,15H,5-6,9-10H2,1-2H3. The molecule has 4 nitrogen and oxygen atoms in total. The summed E-state index contributed by atoms with van der Waals surface area (Å²) in [5.74, 6) is 0.0230. The molecule has 0 bridgehead atoms. The third kappa shape index (κ3) is 3.01. The topological polar surface area (TPSA) is 41.6 Å². The van der Waals surface area contributed by atoms with E-state index in [1.54, 1.807) is 19.0 Å². The number of carbonyl (C=O) groups is 1. The highest BCUT2D eigenvalue weighted by Gasteiger charge is 2.17. The van der Waals surface area contributed by atoms with Crippen LogP contribution in [-0.4, -0.2) is 44.2 Å². The van der Waals surface area contributed by atoms with E-state index in [2.05, 4.69) is 5.32 Å². The van der Waals surface area contributed by atoms with Gasteiger partial charge in [0.2, 0.25) is 0 Å². The number of hydrogen-bond donors (Lipinski definition) is 1. The molecule has 1 saturated heterocycles. The van der Waals surface area contributed by atoms with Crippen LogP contribution in [0.2, 0.25) is 0 Å². The van der Waals surface area contributed by atoms with E-state index in [9.17, 15) is 4.79 Å². The monoisotopic (exact) mass is 248 g/mol. The zero-order valence-corrected chi connectivity index (χ0v) is 11.0. The second-order valence-corrected chi connectivity index (χ2v) is 4.80. The molecular weight excluding hydrogens is 228 g/mol. The van der Waals surface area contributed by atoms with E-state index >= 15 is 0 Å². The lowest BCUT2D eigenvalue weighted by molar-refractivity contribution is 0.0824. The molecule has 4 heteroatoms. The van der Waals surface area contributed by atoms with Crippen molar-refractivity contribution in [3.63, 3.8) is 0 Å². The summed E-state index contributed by atoms with van der Waals surface area (Å²) in [5.41, 5.74) is 1.61. The van der Waals surface area contributed by atoms with Gasteiger partial charge in [-0.2, -0.15) is 0 Å². The first-order valence-electron chi connectivity index (χ1n) is 6.33. The second kappa shape index (κ2) is 5.87. The number of nitrogens with zero attached hydrogens (tertiary/aromatic N) is 1. The molecule has 18 heavy (non-hydrogen) atoms. The molecule has 98 valence electrons. The zero-order valence-electron chi connectivity index (χ0n) is 11.0. The van der Waals surface area contributed by atoms with Crippen molar-refractivity contribution in [1.29, 1.82) is 0 Å². The average Bonchev–Trinajstić information content (AvgIpc) is 2.39. The largest absolute Gasteiger partial charge is 0.379 e. The normalized spacial score (nSPS) is 19.3. The molecule has 1 unspecified atom stereocenters. The summed E-state index contributed by atoms with van der Waals surface area (Å²) >= 11 is 0. The van der Waals surface area contributed by atoms with Crippen LogP contribution in [0.25, 0.3) is 0 Å². The fraction of sp³-hybridized carbons (Fsp3) is 0.500. The Kier molecular flexibility index (Phi) is 4.20. The number of rotatable bonds is 3. The maximum absolute atomic E-state index is 12.1. The van der Waals surface area contributed by atoms with Crippen LogP contribution in [0, 0.1) is 0 Å². The zero-order chi connectivity index (χ0) is 13.0. The summed E-state index contributed by atoms with van der Waals surface area (Å²) in [6.45, 7) is 1.56. The summed E-state index contributed by atoms with van der Waals surface area (Å²) in [6.07, 6.45) is 2.16. The van der Waals surface area contributed by atoms with Crippen LogP contribution in [0.4, 0.5) is 5.69 Å². The minimum absolute atomic E-state index is 0.0230. The van der Waals surface area contributed by atoms with Crippen molar-refractivity contribution in [3.05, 3.63) is 29.8 Å². The van der Waals surface area contributed by atoms with Crippen LogP contribution in [0.3, 0.4) is 0 Å². The van der Waals surface area contributed by atoms with E-state index in [-0.39, 0.29) is 5.91 Å². The van der Waals surface area contributed by atoms with Gasteiger partial charge in [0, 0.05) is 32.4 Å². The van der Waals surface area contributed by atoms with Crippen molar-refractivity contribution in [2.75, 3.05) is 32.6 Å². The van der Waals surface area contributed by atoms with Gasteiger partial charge in [0.1, 0.15) is 0 Å². The predicted octanol–water partition coefficient (Wildman–Crippen LogP) is 1.98. The minimum atomic E-state index is 0.0230. The Balaban J connectivity index is 2.14.